The Hall–Kier alpha value is -1.79. The van der Waals surface area contributed by atoms with E-state index >= 15 is 0 Å². The Morgan fingerprint density at radius 3 is 2.96 bits per heavy atom. The third-order valence-electron chi connectivity index (χ3n) is 6.16. The Balaban J connectivity index is 1.73. The molecular formula is C22H27NO2. The highest BCUT2D eigenvalue weighted by Gasteiger charge is 2.51. The van der Waals surface area contributed by atoms with E-state index in [0.717, 1.165) is 30.5 Å². The molecule has 4 rings (SSSR count). The minimum absolute atomic E-state index is 0.220. The number of carbonyl (C=O) groups is 1. The predicted molar refractivity (Wildman–Crippen MR) is 98.7 cm³/mol. The SMILES string of the molecule is C[C@H]1C=C(C#CC2C=CCCC2)C2=CC(=O)O[C@]2(C)[C@H]2CCCCN12. The molecule has 3 heterocycles. The Morgan fingerprint density at radius 1 is 1.28 bits per heavy atom. The molecule has 0 spiro atoms. The highest BCUT2D eigenvalue weighted by molar-refractivity contribution is 5.89. The number of hydrogen-bond donors (Lipinski definition) is 0. The zero-order chi connectivity index (χ0) is 17.4. The summed E-state index contributed by atoms with van der Waals surface area (Å²) in [5.74, 6) is 6.97. The minimum atomic E-state index is -0.564. The molecule has 3 heteroatoms. The number of allylic oxidation sites excluding steroid dienone is 2. The first-order valence-corrected chi connectivity index (χ1v) is 9.69. The van der Waals surface area contributed by atoms with Crippen LogP contribution in [0, 0.1) is 17.8 Å². The number of carbonyl (C=O) groups excluding carboxylic acids is 1. The first-order valence-electron chi connectivity index (χ1n) is 9.69. The van der Waals surface area contributed by atoms with Gasteiger partial charge in [-0.05, 0) is 52.5 Å². The average Bonchev–Trinajstić information content (AvgIpc) is 2.91. The van der Waals surface area contributed by atoms with E-state index in [9.17, 15) is 4.79 Å². The monoisotopic (exact) mass is 337 g/mol. The van der Waals surface area contributed by atoms with Gasteiger partial charge in [-0.25, -0.2) is 4.79 Å². The van der Waals surface area contributed by atoms with Crippen LogP contribution >= 0.6 is 0 Å². The largest absolute Gasteiger partial charge is 0.450 e. The molecular weight excluding hydrogens is 310 g/mol. The normalized spacial score (nSPS) is 37.7. The molecule has 0 radical (unpaired) electrons. The van der Waals surface area contributed by atoms with Gasteiger partial charge in [0.2, 0.25) is 0 Å². The predicted octanol–water partition coefficient (Wildman–Crippen LogP) is 3.77. The molecule has 132 valence electrons. The fourth-order valence-corrected chi connectivity index (χ4v) is 4.82. The van der Waals surface area contributed by atoms with Gasteiger partial charge in [0.05, 0.1) is 6.04 Å². The van der Waals surface area contributed by atoms with Crippen molar-refractivity contribution in [1.29, 1.82) is 0 Å². The molecule has 1 aliphatic carbocycles. The molecule has 1 unspecified atom stereocenters. The molecule has 0 bridgehead atoms. The maximum atomic E-state index is 12.1. The summed E-state index contributed by atoms with van der Waals surface area (Å²) in [5.41, 5.74) is 1.42. The van der Waals surface area contributed by atoms with Gasteiger partial charge >= 0.3 is 5.97 Å². The first-order chi connectivity index (χ1) is 12.1. The molecule has 0 aromatic rings. The molecule has 0 amide bonds. The van der Waals surface area contributed by atoms with Crippen LogP contribution in [-0.2, 0) is 9.53 Å². The molecule has 4 aliphatic rings. The maximum Gasteiger partial charge on any atom is 0.332 e. The number of fused-ring (bicyclic) bond motifs is 3. The minimum Gasteiger partial charge on any atom is -0.450 e. The number of rotatable bonds is 0. The van der Waals surface area contributed by atoms with Gasteiger partial charge in [-0.3, -0.25) is 4.90 Å². The Labute approximate surface area is 150 Å². The van der Waals surface area contributed by atoms with Crippen molar-refractivity contribution in [3.8, 4) is 11.8 Å². The van der Waals surface area contributed by atoms with Gasteiger partial charge < -0.3 is 4.74 Å². The molecule has 0 aromatic carbocycles. The maximum absolute atomic E-state index is 12.1. The molecule has 0 aromatic heterocycles. The van der Waals surface area contributed by atoms with Crippen molar-refractivity contribution < 1.29 is 9.53 Å². The summed E-state index contributed by atoms with van der Waals surface area (Å²) in [6.45, 7) is 5.39. The molecule has 1 fully saturated rings. The Bertz CT molecular complexity index is 720. The summed E-state index contributed by atoms with van der Waals surface area (Å²) in [6.07, 6.45) is 15.4. The fraction of sp³-hybridized carbons (Fsp3) is 0.591. The molecule has 0 saturated carbocycles. The van der Waals surface area contributed by atoms with Gasteiger partial charge in [0.15, 0.2) is 5.60 Å². The lowest BCUT2D eigenvalue weighted by atomic mass is 9.81. The standard InChI is InChI=1S/C22H27NO2/c1-16-14-18(12-11-17-8-4-3-5-9-17)19-15-21(24)25-22(19,2)20-10-6-7-13-23(16)20/h4,8,14-17,20H,3,5-7,9-10,13H2,1-2H3/t16-,17?,20+,22-/m0/s1. The van der Waals surface area contributed by atoms with Crippen molar-refractivity contribution in [1.82, 2.24) is 4.90 Å². The number of nitrogens with zero attached hydrogens (tertiary/aromatic N) is 1. The summed E-state index contributed by atoms with van der Waals surface area (Å²) in [4.78, 5) is 14.6. The van der Waals surface area contributed by atoms with Gasteiger partial charge in [-0.15, -0.1) is 0 Å². The van der Waals surface area contributed by atoms with Crippen molar-refractivity contribution in [3.05, 3.63) is 35.5 Å². The highest BCUT2D eigenvalue weighted by Crippen LogP contribution is 2.44. The summed E-state index contributed by atoms with van der Waals surface area (Å²) >= 11 is 0. The molecule has 3 aliphatic heterocycles. The lowest BCUT2D eigenvalue weighted by molar-refractivity contribution is -0.151. The van der Waals surface area contributed by atoms with E-state index in [1.54, 1.807) is 6.08 Å². The van der Waals surface area contributed by atoms with Gasteiger partial charge in [-0.1, -0.05) is 36.5 Å². The van der Waals surface area contributed by atoms with Gasteiger partial charge in [0.25, 0.3) is 0 Å². The van der Waals surface area contributed by atoms with Gasteiger partial charge in [0, 0.05) is 29.2 Å². The van der Waals surface area contributed by atoms with Crippen LogP contribution in [0.4, 0.5) is 0 Å². The number of ether oxygens (including phenoxy) is 1. The van der Waals surface area contributed by atoms with Crippen LogP contribution in [0.15, 0.2) is 35.5 Å². The van der Waals surface area contributed by atoms with Crippen molar-refractivity contribution in [2.24, 2.45) is 5.92 Å². The second kappa shape index (κ2) is 6.50. The zero-order valence-corrected chi connectivity index (χ0v) is 15.3. The van der Waals surface area contributed by atoms with Crippen LogP contribution in [0.25, 0.3) is 0 Å². The van der Waals surface area contributed by atoms with Crippen LogP contribution in [0.2, 0.25) is 0 Å². The van der Waals surface area contributed by atoms with Crippen LogP contribution in [0.1, 0.15) is 52.4 Å². The lowest BCUT2D eigenvalue weighted by Crippen LogP contribution is -2.55. The smallest absolute Gasteiger partial charge is 0.332 e. The third-order valence-corrected chi connectivity index (χ3v) is 6.16. The van der Waals surface area contributed by atoms with Crippen LogP contribution in [0.3, 0.4) is 0 Å². The summed E-state index contributed by atoms with van der Waals surface area (Å²) in [7, 11) is 0. The van der Waals surface area contributed by atoms with Crippen LogP contribution in [0.5, 0.6) is 0 Å². The second-order valence-corrected chi connectivity index (χ2v) is 7.89. The molecule has 0 N–H and O–H groups in total. The van der Waals surface area contributed by atoms with Crippen LogP contribution < -0.4 is 0 Å². The van der Waals surface area contributed by atoms with E-state index in [4.69, 9.17) is 4.74 Å². The molecule has 25 heavy (non-hydrogen) atoms. The fourth-order valence-electron chi connectivity index (χ4n) is 4.82. The van der Waals surface area contributed by atoms with Crippen LogP contribution in [-0.4, -0.2) is 35.1 Å². The second-order valence-electron chi connectivity index (χ2n) is 7.89. The third kappa shape index (κ3) is 2.98. The van der Waals surface area contributed by atoms with E-state index in [1.807, 2.05) is 0 Å². The van der Waals surface area contributed by atoms with Crippen molar-refractivity contribution in [2.45, 2.75) is 70.1 Å². The Morgan fingerprint density at radius 2 is 2.16 bits per heavy atom. The summed E-state index contributed by atoms with van der Waals surface area (Å²) < 4.78 is 5.88. The summed E-state index contributed by atoms with van der Waals surface area (Å²) in [6, 6.07) is 0.567. The quantitative estimate of drug-likeness (QED) is 0.383. The molecule has 3 nitrogen and oxygen atoms in total. The topological polar surface area (TPSA) is 29.5 Å². The van der Waals surface area contributed by atoms with Gasteiger partial charge in [-0.2, -0.15) is 0 Å². The van der Waals surface area contributed by atoms with E-state index in [0.29, 0.717) is 12.0 Å². The van der Waals surface area contributed by atoms with Crippen molar-refractivity contribution in [3.63, 3.8) is 0 Å². The molecule has 1 saturated heterocycles. The molecule has 4 atom stereocenters. The van der Waals surface area contributed by atoms with Crippen molar-refractivity contribution in [2.75, 3.05) is 6.54 Å². The van der Waals surface area contributed by atoms with E-state index in [2.05, 4.69) is 48.8 Å². The summed E-state index contributed by atoms with van der Waals surface area (Å²) in [5, 5.41) is 0. The number of hydrogen-bond acceptors (Lipinski definition) is 3. The van der Waals surface area contributed by atoms with Gasteiger partial charge in [0.1, 0.15) is 0 Å². The first kappa shape index (κ1) is 16.7. The lowest BCUT2D eigenvalue weighted by Gasteiger charge is -2.45. The van der Waals surface area contributed by atoms with Crippen molar-refractivity contribution >= 4 is 5.97 Å². The van der Waals surface area contributed by atoms with E-state index in [-0.39, 0.29) is 12.0 Å². The average molecular weight is 337 g/mol. The van der Waals surface area contributed by atoms with E-state index < -0.39 is 5.60 Å². The number of piperidine rings is 1. The zero-order valence-electron chi connectivity index (χ0n) is 15.3. The Kier molecular flexibility index (Phi) is 4.33. The number of esters is 1. The highest BCUT2D eigenvalue weighted by atomic mass is 16.6. The van der Waals surface area contributed by atoms with E-state index in [1.165, 1.54) is 25.7 Å².